The van der Waals surface area contributed by atoms with E-state index in [1.165, 1.54) is 24.7 Å². The van der Waals surface area contributed by atoms with Crippen molar-refractivity contribution in [3.63, 3.8) is 0 Å². The molecule has 2 rings (SSSR count). The monoisotopic (exact) mass is 328 g/mol. The number of carbonyl (C=O) groups excluding carboxylic acids is 1. The first-order valence-corrected chi connectivity index (χ1v) is 6.82. The van der Waals surface area contributed by atoms with Crippen LogP contribution in [0, 0.1) is 0 Å². The number of amides is 1. The Kier molecular flexibility index (Phi) is 5.20. The molecule has 2 heterocycles. The van der Waals surface area contributed by atoms with E-state index in [1.54, 1.807) is 10.8 Å². The van der Waals surface area contributed by atoms with Gasteiger partial charge in [0.15, 0.2) is 12.4 Å². The summed E-state index contributed by atoms with van der Waals surface area (Å²) < 4.78 is 43.1. The Bertz CT molecular complexity index is 670. The lowest BCUT2D eigenvalue weighted by Crippen LogP contribution is -2.27. The lowest BCUT2D eigenvalue weighted by atomic mass is 10.2. The van der Waals surface area contributed by atoms with Gasteiger partial charge >= 0.3 is 6.18 Å². The molecule has 0 aliphatic heterocycles. The maximum absolute atomic E-state index is 12.2. The van der Waals surface area contributed by atoms with Crippen LogP contribution in [0.3, 0.4) is 0 Å². The van der Waals surface area contributed by atoms with E-state index in [0.29, 0.717) is 12.1 Å². The quantitative estimate of drug-likeness (QED) is 0.882. The molecule has 23 heavy (non-hydrogen) atoms. The number of pyridine rings is 1. The van der Waals surface area contributed by atoms with Crippen molar-refractivity contribution in [1.29, 1.82) is 0 Å². The second-order valence-electron chi connectivity index (χ2n) is 4.61. The van der Waals surface area contributed by atoms with Crippen LogP contribution in [0.5, 0.6) is 5.75 Å². The minimum atomic E-state index is -4.44. The van der Waals surface area contributed by atoms with E-state index < -0.39 is 18.7 Å². The number of aromatic nitrogens is 3. The molecule has 0 atom stereocenters. The Morgan fingerprint density at radius 1 is 1.39 bits per heavy atom. The molecule has 9 heteroatoms. The molecule has 1 amide bonds. The van der Waals surface area contributed by atoms with Gasteiger partial charge in [-0.25, -0.2) is 4.98 Å². The van der Waals surface area contributed by atoms with Gasteiger partial charge in [0, 0.05) is 37.2 Å². The molecule has 0 aliphatic carbocycles. The number of nitrogens with zero attached hydrogens (tertiary/aromatic N) is 3. The van der Waals surface area contributed by atoms with Crippen LogP contribution in [-0.4, -0.2) is 33.2 Å². The average molecular weight is 328 g/mol. The first-order valence-electron chi connectivity index (χ1n) is 6.82. The van der Waals surface area contributed by atoms with E-state index in [-0.39, 0.29) is 18.1 Å². The Morgan fingerprint density at radius 2 is 2.17 bits per heavy atom. The molecule has 1 N–H and O–H groups in total. The summed E-state index contributed by atoms with van der Waals surface area (Å²) in [5.41, 5.74) is 0.396. The van der Waals surface area contributed by atoms with Crippen LogP contribution >= 0.6 is 0 Å². The normalized spacial score (nSPS) is 11.3. The van der Waals surface area contributed by atoms with Gasteiger partial charge in [0.05, 0.1) is 6.20 Å². The van der Waals surface area contributed by atoms with Crippen LogP contribution in [0.25, 0.3) is 0 Å². The highest BCUT2D eigenvalue weighted by atomic mass is 19.4. The summed E-state index contributed by atoms with van der Waals surface area (Å²) in [7, 11) is 0. The van der Waals surface area contributed by atoms with Crippen LogP contribution in [0.15, 0.2) is 30.9 Å². The Morgan fingerprint density at radius 3 is 2.87 bits per heavy atom. The third-order valence-electron chi connectivity index (χ3n) is 2.96. The molecular weight excluding hydrogens is 313 g/mol. The van der Waals surface area contributed by atoms with Gasteiger partial charge in [-0.05, 0) is 13.0 Å². The highest BCUT2D eigenvalue weighted by Gasteiger charge is 2.28. The number of hydrogen-bond acceptors (Lipinski definition) is 4. The van der Waals surface area contributed by atoms with Gasteiger partial charge < -0.3 is 14.6 Å². The third-order valence-corrected chi connectivity index (χ3v) is 2.96. The average Bonchev–Trinajstić information content (AvgIpc) is 2.99. The highest BCUT2D eigenvalue weighted by molar-refractivity contribution is 5.90. The highest BCUT2D eigenvalue weighted by Crippen LogP contribution is 2.21. The molecule has 0 fully saturated rings. The Labute approximate surface area is 130 Å². The number of nitrogens with one attached hydrogen (secondary N) is 1. The Balaban J connectivity index is 2.02. The van der Waals surface area contributed by atoms with E-state index in [9.17, 15) is 18.0 Å². The van der Waals surface area contributed by atoms with Crippen LogP contribution in [0.2, 0.25) is 0 Å². The van der Waals surface area contributed by atoms with Crippen LogP contribution < -0.4 is 10.1 Å². The third kappa shape index (κ3) is 4.70. The fourth-order valence-electron chi connectivity index (χ4n) is 1.87. The van der Waals surface area contributed by atoms with Crippen molar-refractivity contribution in [3.8, 4) is 5.75 Å². The SMILES string of the molecule is CCn1ccnc1C(=O)NCc1ccncc1OCC(F)(F)F. The van der Waals surface area contributed by atoms with Gasteiger partial charge in [-0.3, -0.25) is 9.78 Å². The first-order chi connectivity index (χ1) is 10.9. The summed E-state index contributed by atoms with van der Waals surface area (Å²) in [6, 6.07) is 1.48. The summed E-state index contributed by atoms with van der Waals surface area (Å²) in [5.74, 6) is -0.210. The van der Waals surface area contributed by atoms with E-state index in [4.69, 9.17) is 4.74 Å². The van der Waals surface area contributed by atoms with Crippen molar-refractivity contribution in [2.45, 2.75) is 26.2 Å². The van der Waals surface area contributed by atoms with Crippen molar-refractivity contribution in [1.82, 2.24) is 19.9 Å². The summed E-state index contributed by atoms with van der Waals surface area (Å²) in [6.45, 7) is 1.04. The zero-order valence-corrected chi connectivity index (χ0v) is 12.3. The maximum Gasteiger partial charge on any atom is 0.422 e. The summed E-state index contributed by atoms with van der Waals surface area (Å²) in [5, 5.41) is 2.60. The van der Waals surface area contributed by atoms with Gasteiger partial charge in [-0.1, -0.05) is 0 Å². The van der Waals surface area contributed by atoms with E-state index in [1.807, 2.05) is 6.92 Å². The molecule has 0 bridgehead atoms. The van der Waals surface area contributed by atoms with Crippen molar-refractivity contribution in [3.05, 3.63) is 42.2 Å². The molecule has 2 aromatic rings. The Hall–Kier alpha value is -2.58. The molecule has 124 valence electrons. The minimum absolute atomic E-state index is 0.00508. The number of ether oxygens (including phenoxy) is 1. The minimum Gasteiger partial charge on any atom is -0.482 e. The number of rotatable bonds is 6. The van der Waals surface area contributed by atoms with Crippen molar-refractivity contribution in [2.24, 2.45) is 0 Å². The molecule has 0 spiro atoms. The topological polar surface area (TPSA) is 69.0 Å². The van der Waals surface area contributed by atoms with Gasteiger partial charge in [0.25, 0.3) is 5.91 Å². The number of imidazole rings is 1. The molecule has 0 unspecified atom stereocenters. The molecule has 0 saturated carbocycles. The van der Waals surface area contributed by atoms with E-state index in [0.717, 1.165) is 0 Å². The van der Waals surface area contributed by atoms with Crippen LogP contribution in [0.4, 0.5) is 13.2 Å². The van der Waals surface area contributed by atoms with E-state index in [2.05, 4.69) is 15.3 Å². The van der Waals surface area contributed by atoms with Gasteiger partial charge in [-0.15, -0.1) is 0 Å². The van der Waals surface area contributed by atoms with Crippen LogP contribution in [-0.2, 0) is 13.1 Å². The second kappa shape index (κ2) is 7.12. The lowest BCUT2D eigenvalue weighted by Gasteiger charge is -2.13. The number of carbonyl (C=O) groups is 1. The first kappa shape index (κ1) is 16.8. The lowest BCUT2D eigenvalue weighted by molar-refractivity contribution is -0.153. The smallest absolute Gasteiger partial charge is 0.422 e. The van der Waals surface area contributed by atoms with E-state index >= 15 is 0 Å². The van der Waals surface area contributed by atoms with Gasteiger partial charge in [0.2, 0.25) is 0 Å². The predicted molar refractivity (Wildman–Crippen MR) is 74.9 cm³/mol. The van der Waals surface area contributed by atoms with Crippen molar-refractivity contribution < 1.29 is 22.7 Å². The summed E-state index contributed by atoms with van der Waals surface area (Å²) >= 11 is 0. The summed E-state index contributed by atoms with van der Waals surface area (Å²) in [4.78, 5) is 19.7. The van der Waals surface area contributed by atoms with Crippen molar-refractivity contribution >= 4 is 5.91 Å². The fraction of sp³-hybridized carbons (Fsp3) is 0.357. The number of halogens is 3. The standard InChI is InChI=1S/C14H15F3N4O2/c1-2-21-6-5-19-12(21)13(22)20-7-10-3-4-18-8-11(10)23-9-14(15,16)17/h3-6,8H,2,7,9H2,1H3,(H,20,22). The molecule has 2 aromatic heterocycles. The molecular formula is C14H15F3N4O2. The summed E-state index contributed by atoms with van der Waals surface area (Å²) in [6.07, 6.45) is 1.32. The molecule has 6 nitrogen and oxygen atoms in total. The number of hydrogen-bond donors (Lipinski definition) is 1. The second-order valence-corrected chi connectivity index (χ2v) is 4.61. The van der Waals surface area contributed by atoms with Gasteiger partial charge in [0.1, 0.15) is 5.75 Å². The number of aryl methyl sites for hydroxylation is 1. The predicted octanol–water partition coefficient (Wildman–Crippen LogP) is 2.17. The molecule has 0 saturated heterocycles. The largest absolute Gasteiger partial charge is 0.482 e. The molecule has 0 radical (unpaired) electrons. The molecule has 0 aromatic carbocycles. The van der Waals surface area contributed by atoms with Gasteiger partial charge in [-0.2, -0.15) is 13.2 Å². The number of alkyl halides is 3. The van der Waals surface area contributed by atoms with Crippen LogP contribution in [0.1, 0.15) is 23.1 Å². The zero-order chi connectivity index (χ0) is 16.9. The fourth-order valence-corrected chi connectivity index (χ4v) is 1.87. The zero-order valence-electron chi connectivity index (χ0n) is 12.3. The molecule has 0 aliphatic rings. The van der Waals surface area contributed by atoms with Crippen molar-refractivity contribution in [2.75, 3.05) is 6.61 Å². The maximum atomic E-state index is 12.2.